The lowest BCUT2D eigenvalue weighted by Gasteiger charge is -1.97. The van der Waals surface area contributed by atoms with Gasteiger partial charge in [-0.05, 0) is 6.07 Å². The van der Waals surface area contributed by atoms with E-state index in [1.54, 1.807) is 18.5 Å². The van der Waals surface area contributed by atoms with Gasteiger partial charge in [-0.15, -0.1) is 0 Å². The number of nitrogens with zero attached hydrogens (tertiary/aromatic N) is 4. The summed E-state index contributed by atoms with van der Waals surface area (Å²) >= 11 is 0. The van der Waals surface area contributed by atoms with Crippen LogP contribution in [0.15, 0.2) is 18.5 Å². The van der Waals surface area contributed by atoms with Crippen LogP contribution in [0, 0.1) is 11.3 Å². The van der Waals surface area contributed by atoms with Gasteiger partial charge < -0.3 is 0 Å². The second-order valence-corrected chi connectivity index (χ2v) is 2.74. The highest BCUT2D eigenvalue weighted by molar-refractivity contribution is 5.07. The Hall–Kier alpha value is -1.47. The van der Waals surface area contributed by atoms with Crippen molar-refractivity contribution in [2.24, 2.45) is 0 Å². The molecule has 1 aliphatic heterocycles. The van der Waals surface area contributed by atoms with Gasteiger partial charge in [-0.1, -0.05) is 0 Å². The van der Waals surface area contributed by atoms with Crippen LogP contribution in [-0.4, -0.2) is 27.5 Å². The van der Waals surface area contributed by atoms with Gasteiger partial charge >= 0.3 is 0 Å². The van der Waals surface area contributed by atoms with Crippen molar-refractivity contribution in [2.75, 3.05) is 6.54 Å². The summed E-state index contributed by atoms with van der Waals surface area (Å²) in [7, 11) is 0. The molecule has 1 saturated heterocycles. The molecule has 2 unspecified atom stereocenters. The molecule has 0 N–H and O–H groups in total. The molecule has 0 radical (unpaired) electrons. The van der Waals surface area contributed by atoms with Gasteiger partial charge in [0.05, 0.1) is 12.6 Å². The highest BCUT2D eigenvalue weighted by Crippen LogP contribution is 2.17. The first-order chi connectivity index (χ1) is 5.90. The molecule has 0 saturated carbocycles. The number of aromatic nitrogens is 2. The zero-order valence-corrected chi connectivity index (χ0v) is 6.51. The van der Waals surface area contributed by atoms with Gasteiger partial charge in [0.25, 0.3) is 0 Å². The third-order valence-corrected chi connectivity index (χ3v) is 1.83. The van der Waals surface area contributed by atoms with E-state index in [0.717, 1.165) is 12.4 Å². The summed E-state index contributed by atoms with van der Waals surface area (Å²) in [4.78, 5) is 10.2. The normalized spacial score (nSPS) is 26.2. The second kappa shape index (κ2) is 2.88. The summed E-state index contributed by atoms with van der Waals surface area (Å²) in [5.74, 6) is 0.787. The number of nitriles is 1. The van der Waals surface area contributed by atoms with Crippen LogP contribution < -0.4 is 0 Å². The van der Waals surface area contributed by atoms with Crippen molar-refractivity contribution in [3.63, 3.8) is 0 Å². The Kier molecular flexibility index (Phi) is 1.72. The van der Waals surface area contributed by atoms with Crippen LogP contribution in [0.5, 0.6) is 0 Å². The van der Waals surface area contributed by atoms with Gasteiger partial charge in [-0.25, -0.2) is 9.97 Å². The van der Waals surface area contributed by atoms with Gasteiger partial charge in [-0.3, -0.25) is 4.90 Å². The van der Waals surface area contributed by atoms with Crippen molar-refractivity contribution in [2.45, 2.75) is 12.6 Å². The van der Waals surface area contributed by atoms with Crippen LogP contribution >= 0.6 is 0 Å². The fraction of sp³-hybridized carbons (Fsp3) is 0.375. The Bertz CT molecular complexity index is 303. The molecule has 1 aromatic heterocycles. The van der Waals surface area contributed by atoms with Gasteiger partial charge in [0, 0.05) is 18.9 Å². The topological polar surface area (TPSA) is 52.6 Å². The molecule has 1 aliphatic rings. The molecular formula is C8H8N4. The molecule has 12 heavy (non-hydrogen) atoms. The zero-order chi connectivity index (χ0) is 8.39. The minimum atomic E-state index is 0.0915. The highest BCUT2D eigenvalue weighted by Gasteiger charge is 2.34. The van der Waals surface area contributed by atoms with Gasteiger partial charge in [-0.2, -0.15) is 5.26 Å². The number of hydrogen-bond donors (Lipinski definition) is 0. The molecule has 0 amide bonds. The van der Waals surface area contributed by atoms with Crippen molar-refractivity contribution in [3.05, 3.63) is 24.3 Å². The molecule has 60 valence electrons. The maximum Gasteiger partial charge on any atom is 0.142 e. The summed E-state index contributed by atoms with van der Waals surface area (Å²) in [6.45, 7) is 1.55. The van der Waals surface area contributed by atoms with Crippen molar-refractivity contribution in [1.82, 2.24) is 14.9 Å². The highest BCUT2D eigenvalue weighted by atomic mass is 15.3. The molecule has 0 spiro atoms. The SMILES string of the molecule is N#CC1CN1Cc1ncccn1. The third kappa shape index (κ3) is 1.41. The van der Waals surface area contributed by atoms with Crippen LogP contribution in [-0.2, 0) is 6.54 Å². The van der Waals surface area contributed by atoms with Gasteiger partial charge in [0.1, 0.15) is 11.9 Å². The van der Waals surface area contributed by atoms with Crippen molar-refractivity contribution < 1.29 is 0 Å². The molecule has 1 fully saturated rings. The largest absolute Gasteiger partial charge is 0.277 e. The summed E-state index contributed by atoms with van der Waals surface area (Å²) in [5, 5.41) is 8.52. The van der Waals surface area contributed by atoms with E-state index >= 15 is 0 Å². The van der Waals surface area contributed by atoms with E-state index in [4.69, 9.17) is 5.26 Å². The minimum Gasteiger partial charge on any atom is -0.277 e. The predicted molar refractivity (Wildman–Crippen MR) is 41.8 cm³/mol. The maximum absolute atomic E-state index is 8.52. The smallest absolute Gasteiger partial charge is 0.142 e. The molecule has 2 rings (SSSR count). The fourth-order valence-electron chi connectivity index (χ4n) is 1.07. The lowest BCUT2D eigenvalue weighted by atomic mass is 10.5. The van der Waals surface area contributed by atoms with E-state index < -0.39 is 0 Å². The quantitative estimate of drug-likeness (QED) is 0.579. The first-order valence-electron chi connectivity index (χ1n) is 3.80. The zero-order valence-electron chi connectivity index (χ0n) is 6.51. The number of hydrogen-bond acceptors (Lipinski definition) is 4. The lowest BCUT2D eigenvalue weighted by molar-refractivity contribution is 0.511. The summed E-state index contributed by atoms with van der Waals surface area (Å²) in [5.41, 5.74) is 0. The van der Waals surface area contributed by atoms with Crippen LogP contribution in [0.1, 0.15) is 5.82 Å². The van der Waals surface area contributed by atoms with Crippen molar-refractivity contribution in [1.29, 1.82) is 5.26 Å². The first-order valence-corrected chi connectivity index (χ1v) is 3.80. The van der Waals surface area contributed by atoms with Crippen LogP contribution in [0.2, 0.25) is 0 Å². The van der Waals surface area contributed by atoms with Crippen molar-refractivity contribution >= 4 is 0 Å². The standard InChI is InChI=1S/C8H8N4/c9-4-7-5-12(7)6-8-10-2-1-3-11-8/h1-3,7H,5-6H2. The first kappa shape index (κ1) is 7.19. The summed E-state index contributed by atoms with van der Waals surface area (Å²) in [6.07, 6.45) is 3.43. The van der Waals surface area contributed by atoms with Crippen LogP contribution in [0.4, 0.5) is 0 Å². The van der Waals surface area contributed by atoms with E-state index in [1.807, 2.05) is 4.90 Å². The lowest BCUT2D eigenvalue weighted by Crippen LogP contribution is -2.04. The molecule has 2 atom stereocenters. The van der Waals surface area contributed by atoms with Crippen LogP contribution in [0.25, 0.3) is 0 Å². The molecule has 0 bridgehead atoms. The Balaban J connectivity index is 1.95. The van der Waals surface area contributed by atoms with E-state index in [-0.39, 0.29) is 6.04 Å². The predicted octanol–water partition coefficient (Wildman–Crippen LogP) is 0.184. The van der Waals surface area contributed by atoms with E-state index in [9.17, 15) is 0 Å². The van der Waals surface area contributed by atoms with E-state index in [1.165, 1.54) is 0 Å². The Morgan fingerprint density at radius 2 is 2.33 bits per heavy atom. The monoisotopic (exact) mass is 160 g/mol. The Labute approximate surface area is 70.5 Å². The van der Waals surface area contributed by atoms with Crippen LogP contribution in [0.3, 0.4) is 0 Å². The Morgan fingerprint density at radius 3 is 2.92 bits per heavy atom. The summed E-state index contributed by atoms with van der Waals surface area (Å²) in [6, 6.07) is 4.06. The van der Waals surface area contributed by atoms with Gasteiger partial charge in [0.15, 0.2) is 0 Å². The maximum atomic E-state index is 8.52. The third-order valence-electron chi connectivity index (χ3n) is 1.83. The van der Waals surface area contributed by atoms with E-state index in [0.29, 0.717) is 6.54 Å². The average Bonchev–Trinajstić information content (AvgIpc) is 2.85. The molecule has 2 heterocycles. The molecule has 1 aromatic rings. The minimum absolute atomic E-state index is 0.0915. The van der Waals surface area contributed by atoms with Crippen molar-refractivity contribution in [3.8, 4) is 6.07 Å². The molecular weight excluding hydrogens is 152 g/mol. The summed E-state index contributed by atoms with van der Waals surface area (Å²) < 4.78 is 0. The molecule has 0 aliphatic carbocycles. The molecule has 0 aromatic carbocycles. The number of rotatable bonds is 2. The Morgan fingerprint density at radius 1 is 1.58 bits per heavy atom. The molecule has 4 heteroatoms. The fourth-order valence-corrected chi connectivity index (χ4v) is 1.07. The second-order valence-electron chi connectivity index (χ2n) is 2.74. The molecule has 4 nitrogen and oxygen atoms in total. The van der Waals surface area contributed by atoms with E-state index in [2.05, 4.69) is 16.0 Å². The average molecular weight is 160 g/mol. The van der Waals surface area contributed by atoms with Gasteiger partial charge in [0.2, 0.25) is 0 Å².